The minimum Gasteiger partial charge on any atom is -0.322 e. The summed E-state index contributed by atoms with van der Waals surface area (Å²) in [6, 6.07) is 14.5. The van der Waals surface area contributed by atoms with Crippen LogP contribution in [0, 0.1) is 0 Å². The Bertz CT molecular complexity index is 913. The molecule has 2 aromatic rings. The van der Waals surface area contributed by atoms with Crippen molar-refractivity contribution in [2.24, 2.45) is 0 Å². The Balaban J connectivity index is 1.80. The van der Waals surface area contributed by atoms with Crippen LogP contribution in [0.4, 0.5) is 11.4 Å². The van der Waals surface area contributed by atoms with E-state index in [9.17, 15) is 13.2 Å². The summed E-state index contributed by atoms with van der Waals surface area (Å²) in [7, 11) is -3.21. The molecule has 26 heavy (non-hydrogen) atoms. The van der Waals surface area contributed by atoms with Crippen molar-refractivity contribution in [3.8, 4) is 0 Å². The molecule has 2 aromatic carbocycles. The molecule has 0 spiro atoms. The molecule has 1 saturated heterocycles. The Morgan fingerprint density at radius 1 is 1.04 bits per heavy atom. The van der Waals surface area contributed by atoms with E-state index in [-0.39, 0.29) is 17.1 Å². The van der Waals surface area contributed by atoms with E-state index in [0.717, 1.165) is 11.3 Å². The van der Waals surface area contributed by atoms with Crippen LogP contribution >= 0.6 is 0 Å². The standard InChI is InChI=1S/C20H24N2O3S/c1-20(2,3)17-7-4-5-8-18(17)21-19(23)15-9-11-16(12-10-15)22-13-6-14-26(22,24)25/h4-5,7-12H,6,13-14H2,1-3H3,(H,21,23). The lowest BCUT2D eigenvalue weighted by Gasteiger charge is -2.23. The number of para-hydroxylation sites is 1. The summed E-state index contributed by atoms with van der Waals surface area (Å²) in [6.07, 6.45) is 0.633. The predicted molar refractivity (Wildman–Crippen MR) is 105 cm³/mol. The molecule has 0 bridgehead atoms. The third-order valence-corrected chi connectivity index (χ3v) is 6.37. The lowest BCUT2D eigenvalue weighted by molar-refractivity contribution is 0.102. The summed E-state index contributed by atoms with van der Waals surface area (Å²) in [4.78, 5) is 12.6. The van der Waals surface area contributed by atoms with E-state index < -0.39 is 10.0 Å². The molecule has 1 heterocycles. The predicted octanol–water partition coefficient (Wildman–Crippen LogP) is 3.78. The molecule has 0 atom stereocenters. The topological polar surface area (TPSA) is 66.5 Å². The molecule has 6 heteroatoms. The molecule has 1 N–H and O–H groups in total. The number of anilines is 2. The highest BCUT2D eigenvalue weighted by Crippen LogP contribution is 2.30. The second-order valence-corrected chi connectivity index (χ2v) is 9.55. The summed E-state index contributed by atoms with van der Waals surface area (Å²) < 4.78 is 25.4. The first kappa shape index (κ1) is 18.5. The molecular weight excluding hydrogens is 348 g/mol. The number of nitrogens with zero attached hydrogens (tertiary/aromatic N) is 1. The van der Waals surface area contributed by atoms with Crippen LogP contribution in [-0.4, -0.2) is 26.6 Å². The van der Waals surface area contributed by atoms with Crippen LogP contribution in [0.2, 0.25) is 0 Å². The van der Waals surface area contributed by atoms with Gasteiger partial charge in [0.2, 0.25) is 10.0 Å². The normalized spacial score (nSPS) is 16.5. The lowest BCUT2D eigenvalue weighted by Crippen LogP contribution is -2.25. The molecule has 0 saturated carbocycles. The molecule has 5 nitrogen and oxygen atoms in total. The molecule has 0 aromatic heterocycles. The molecule has 1 fully saturated rings. The monoisotopic (exact) mass is 372 g/mol. The molecule has 1 amide bonds. The number of carbonyl (C=O) groups excluding carboxylic acids is 1. The van der Waals surface area contributed by atoms with Crippen molar-refractivity contribution in [1.82, 2.24) is 0 Å². The average molecular weight is 372 g/mol. The molecule has 1 aliphatic rings. The Hall–Kier alpha value is -2.34. The zero-order valence-corrected chi connectivity index (χ0v) is 16.1. The van der Waals surface area contributed by atoms with Crippen LogP contribution in [0.25, 0.3) is 0 Å². The van der Waals surface area contributed by atoms with E-state index >= 15 is 0 Å². The summed E-state index contributed by atoms with van der Waals surface area (Å²) in [6.45, 7) is 6.79. The van der Waals surface area contributed by atoms with Crippen LogP contribution in [0.5, 0.6) is 0 Å². The van der Waals surface area contributed by atoms with E-state index in [2.05, 4.69) is 26.1 Å². The van der Waals surface area contributed by atoms with Gasteiger partial charge in [0.05, 0.1) is 11.4 Å². The van der Waals surface area contributed by atoms with Gasteiger partial charge in [-0.05, 0) is 47.7 Å². The van der Waals surface area contributed by atoms with Gasteiger partial charge < -0.3 is 5.32 Å². The van der Waals surface area contributed by atoms with E-state index in [1.165, 1.54) is 4.31 Å². The number of benzene rings is 2. The van der Waals surface area contributed by atoms with Crippen molar-refractivity contribution in [2.45, 2.75) is 32.6 Å². The quantitative estimate of drug-likeness (QED) is 0.892. The second-order valence-electron chi connectivity index (χ2n) is 7.54. The molecule has 138 valence electrons. The van der Waals surface area contributed by atoms with Gasteiger partial charge in [-0.2, -0.15) is 0 Å². The Morgan fingerprint density at radius 3 is 2.27 bits per heavy atom. The van der Waals surface area contributed by atoms with E-state index in [1.54, 1.807) is 24.3 Å². The molecule has 3 rings (SSSR count). The van der Waals surface area contributed by atoms with E-state index in [0.29, 0.717) is 24.2 Å². The number of rotatable bonds is 3. The van der Waals surface area contributed by atoms with Crippen molar-refractivity contribution >= 4 is 27.3 Å². The largest absolute Gasteiger partial charge is 0.322 e. The van der Waals surface area contributed by atoms with E-state index in [1.807, 2.05) is 24.3 Å². The number of hydrogen-bond acceptors (Lipinski definition) is 3. The van der Waals surface area contributed by atoms with Crippen molar-refractivity contribution < 1.29 is 13.2 Å². The number of sulfonamides is 1. The first-order valence-electron chi connectivity index (χ1n) is 8.70. The minimum atomic E-state index is -3.21. The average Bonchev–Trinajstić information content (AvgIpc) is 2.94. The fraction of sp³-hybridized carbons (Fsp3) is 0.350. The molecule has 0 aliphatic carbocycles. The van der Waals surface area contributed by atoms with Gasteiger partial charge in [0.15, 0.2) is 0 Å². The number of carbonyl (C=O) groups is 1. The first-order valence-corrected chi connectivity index (χ1v) is 10.3. The molecular formula is C20H24N2O3S. The highest BCUT2D eigenvalue weighted by molar-refractivity contribution is 7.93. The SMILES string of the molecule is CC(C)(C)c1ccccc1NC(=O)c1ccc(N2CCCS2(=O)=O)cc1. The number of nitrogens with one attached hydrogen (secondary N) is 1. The third-order valence-electron chi connectivity index (χ3n) is 4.50. The van der Waals surface area contributed by atoms with Crippen molar-refractivity contribution in [3.05, 3.63) is 59.7 Å². The maximum Gasteiger partial charge on any atom is 0.255 e. The Kier molecular flexibility index (Phi) is 4.80. The number of amides is 1. The van der Waals surface area contributed by atoms with Crippen LogP contribution < -0.4 is 9.62 Å². The summed E-state index contributed by atoms with van der Waals surface area (Å²) in [5.41, 5.74) is 2.87. The highest BCUT2D eigenvalue weighted by atomic mass is 32.2. The zero-order chi connectivity index (χ0) is 18.9. The third kappa shape index (κ3) is 3.75. The van der Waals surface area contributed by atoms with Gasteiger partial charge in [-0.1, -0.05) is 39.0 Å². The van der Waals surface area contributed by atoms with Gasteiger partial charge in [0.1, 0.15) is 0 Å². The summed E-state index contributed by atoms with van der Waals surface area (Å²) in [5.74, 6) is -0.0312. The minimum absolute atomic E-state index is 0.0855. The van der Waals surface area contributed by atoms with Crippen LogP contribution in [0.15, 0.2) is 48.5 Å². The Morgan fingerprint density at radius 2 is 1.69 bits per heavy atom. The Labute approximate surface area is 155 Å². The summed E-state index contributed by atoms with van der Waals surface area (Å²) in [5, 5.41) is 2.97. The van der Waals surface area contributed by atoms with Gasteiger partial charge in [0, 0.05) is 17.8 Å². The number of hydrogen-bond donors (Lipinski definition) is 1. The van der Waals surface area contributed by atoms with Gasteiger partial charge >= 0.3 is 0 Å². The maximum absolute atomic E-state index is 12.6. The maximum atomic E-state index is 12.6. The van der Waals surface area contributed by atoms with Crippen molar-refractivity contribution in [1.29, 1.82) is 0 Å². The molecule has 1 aliphatic heterocycles. The fourth-order valence-corrected chi connectivity index (χ4v) is 4.71. The van der Waals surface area contributed by atoms with Crippen LogP contribution in [0.1, 0.15) is 43.1 Å². The smallest absolute Gasteiger partial charge is 0.255 e. The van der Waals surface area contributed by atoms with Crippen molar-refractivity contribution in [2.75, 3.05) is 21.9 Å². The lowest BCUT2D eigenvalue weighted by atomic mass is 9.86. The second kappa shape index (κ2) is 6.76. The first-order chi connectivity index (χ1) is 12.2. The van der Waals surface area contributed by atoms with Gasteiger partial charge in [-0.3, -0.25) is 9.10 Å². The van der Waals surface area contributed by atoms with Gasteiger partial charge in [-0.25, -0.2) is 8.42 Å². The highest BCUT2D eigenvalue weighted by Gasteiger charge is 2.28. The summed E-state index contributed by atoms with van der Waals surface area (Å²) >= 11 is 0. The van der Waals surface area contributed by atoms with Crippen LogP contribution in [-0.2, 0) is 15.4 Å². The fourth-order valence-electron chi connectivity index (χ4n) is 3.15. The van der Waals surface area contributed by atoms with Crippen molar-refractivity contribution in [3.63, 3.8) is 0 Å². The van der Waals surface area contributed by atoms with Gasteiger partial charge in [-0.15, -0.1) is 0 Å². The zero-order valence-electron chi connectivity index (χ0n) is 15.3. The van der Waals surface area contributed by atoms with Crippen LogP contribution in [0.3, 0.4) is 0 Å². The van der Waals surface area contributed by atoms with E-state index in [4.69, 9.17) is 0 Å². The molecule has 0 radical (unpaired) electrons. The van der Waals surface area contributed by atoms with Gasteiger partial charge in [0.25, 0.3) is 5.91 Å². The molecule has 0 unspecified atom stereocenters.